The second-order valence-electron chi connectivity index (χ2n) is 7.18. The molecular weight excluding hydrogens is 354 g/mol. The SMILES string of the molecule is COc1cccc(-c2noc(C3CCC(=O)N3Cc3ccc(C)c(C)c3)n2)c1. The van der Waals surface area contributed by atoms with Crippen molar-refractivity contribution in [2.75, 3.05) is 7.11 Å². The lowest BCUT2D eigenvalue weighted by molar-refractivity contribution is -0.129. The van der Waals surface area contributed by atoms with Gasteiger partial charge in [-0.2, -0.15) is 4.98 Å². The lowest BCUT2D eigenvalue weighted by Crippen LogP contribution is -2.27. The fourth-order valence-electron chi connectivity index (χ4n) is 3.54. The second kappa shape index (κ2) is 7.46. The molecule has 6 heteroatoms. The van der Waals surface area contributed by atoms with E-state index in [-0.39, 0.29) is 11.9 Å². The molecule has 1 atom stereocenters. The molecule has 6 nitrogen and oxygen atoms in total. The van der Waals surface area contributed by atoms with Crippen LogP contribution in [0.25, 0.3) is 11.4 Å². The summed E-state index contributed by atoms with van der Waals surface area (Å²) in [7, 11) is 1.62. The average molecular weight is 377 g/mol. The summed E-state index contributed by atoms with van der Waals surface area (Å²) in [6.45, 7) is 4.71. The van der Waals surface area contributed by atoms with Crippen molar-refractivity contribution in [3.8, 4) is 17.1 Å². The fourth-order valence-corrected chi connectivity index (χ4v) is 3.54. The van der Waals surface area contributed by atoms with Crippen LogP contribution in [0.15, 0.2) is 47.0 Å². The summed E-state index contributed by atoms with van der Waals surface area (Å²) in [5.41, 5.74) is 4.39. The van der Waals surface area contributed by atoms with Crippen LogP contribution in [-0.4, -0.2) is 28.1 Å². The van der Waals surface area contributed by atoms with Crippen LogP contribution in [-0.2, 0) is 11.3 Å². The Balaban J connectivity index is 1.58. The van der Waals surface area contributed by atoms with Crippen molar-refractivity contribution < 1.29 is 14.1 Å². The van der Waals surface area contributed by atoms with Crippen LogP contribution < -0.4 is 4.74 Å². The molecule has 0 N–H and O–H groups in total. The monoisotopic (exact) mass is 377 g/mol. The topological polar surface area (TPSA) is 68.5 Å². The van der Waals surface area contributed by atoms with E-state index in [9.17, 15) is 4.79 Å². The molecule has 0 spiro atoms. The van der Waals surface area contributed by atoms with E-state index in [4.69, 9.17) is 9.26 Å². The van der Waals surface area contributed by atoms with Crippen LogP contribution in [0.3, 0.4) is 0 Å². The van der Waals surface area contributed by atoms with Crippen molar-refractivity contribution in [2.45, 2.75) is 39.3 Å². The van der Waals surface area contributed by atoms with Gasteiger partial charge >= 0.3 is 0 Å². The standard InChI is InChI=1S/C22H23N3O3/c1-14-7-8-16(11-15(14)2)13-25-19(9-10-20(25)26)22-23-21(24-28-22)17-5-4-6-18(12-17)27-3/h4-8,11-12,19H,9-10,13H2,1-3H3. The number of nitrogens with zero attached hydrogens (tertiary/aromatic N) is 3. The summed E-state index contributed by atoms with van der Waals surface area (Å²) in [6, 6.07) is 13.6. The van der Waals surface area contributed by atoms with Gasteiger partial charge in [0.25, 0.3) is 0 Å². The van der Waals surface area contributed by atoms with E-state index >= 15 is 0 Å². The van der Waals surface area contributed by atoms with E-state index < -0.39 is 0 Å². The first kappa shape index (κ1) is 18.2. The molecule has 2 aromatic carbocycles. The van der Waals surface area contributed by atoms with Gasteiger partial charge in [0.05, 0.1) is 7.11 Å². The zero-order valence-corrected chi connectivity index (χ0v) is 16.3. The van der Waals surface area contributed by atoms with Gasteiger partial charge in [0.1, 0.15) is 11.8 Å². The van der Waals surface area contributed by atoms with Gasteiger partial charge in [0.15, 0.2) is 0 Å². The lowest BCUT2D eigenvalue weighted by Gasteiger charge is -2.22. The molecule has 1 aromatic heterocycles. The highest BCUT2D eigenvalue weighted by atomic mass is 16.5. The maximum Gasteiger partial charge on any atom is 0.249 e. The number of hydrogen-bond donors (Lipinski definition) is 0. The van der Waals surface area contributed by atoms with Gasteiger partial charge < -0.3 is 14.2 Å². The van der Waals surface area contributed by atoms with Gasteiger partial charge in [-0.05, 0) is 49.1 Å². The quantitative estimate of drug-likeness (QED) is 0.666. The minimum atomic E-state index is -0.194. The highest BCUT2D eigenvalue weighted by Gasteiger charge is 2.36. The first-order valence-corrected chi connectivity index (χ1v) is 9.39. The number of likely N-dealkylation sites (tertiary alicyclic amines) is 1. The molecule has 1 unspecified atom stereocenters. The van der Waals surface area contributed by atoms with Crippen molar-refractivity contribution in [3.63, 3.8) is 0 Å². The van der Waals surface area contributed by atoms with Crippen LogP contribution in [0.4, 0.5) is 0 Å². The minimum absolute atomic E-state index is 0.115. The summed E-state index contributed by atoms with van der Waals surface area (Å²) >= 11 is 0. The maximum absolute atomic E-state index is 12.5. The highest BCUT2D eigenvalue weighted by Crippen LogP contribution is 2.34. The molecule has 0 aliphatic carbocycles. The van der Waals surface area contributed by atoms with E-state index in [2.05, 4.69) is 42.2 Å². The van der Waals surface area contributed by atoms with Gasteiger partial charge in [0.2, 0.25) is 17.6 Å². The van der Waals surface area contributed by atoms with Crippen LogP contribution in [0.5, 0.6) is 5.75 Å². The van der Waals surface area contributed by atoms with Crippen LogP contribution in [0.1, 0.15) is 41.5 Å². The van der Waals surface area contributed by atoms with E-state index in [1.807, 2.05) is 29.2 Å². The molecule has 28 heavy (non-hydrogen) atoms. The number of ether oxygens (including phenoxy) is 1. The largest absolute Gasteiger partial charge is 0.497 e. The van der Waals surface area contributed by atoms with E-state index in [0.29, 0.717) is 31.1 Å². The number of methoxy groups -OCH3 is 1. The summed E-state index contributed by atoms with van der Waals surface area (Å²) < 4.78 is 10.8. The molecule has 1 amide bonds. The summed E-state index contributed by atoms with van der Waals surface area (Å²) in [4.78, 5) is 18.9. The average Bonchev–Trinajstić information content (AvgIpc) is 3.32. The van der Waals surface area contributed by atoms with Gasteiger partial charge in [-0.1, -0.05) is 35.5 Å². The summed E-state index contributed by atoms with van der Waals surface area (Å²) in [5, 5.41) is 4.12. The molecule has 3 aromatic rings. The van der Waals surface area contributed by atoms with Crippen molar-refractivity contribution in [3.05, 3.63) is 65.0 Å². The smallest absolute Gasteiger partial charge is 0.249 e. The Hall–Kier alpha value is -3.15. The number of rotatable bonds is 5. The highest BCUT2D eigenvalue weighted by molar-refractivity contribution is 5.78. The number of carbonyl (C=O) groups excluding carboxylic acids is 1. The van der Waals surface area contributed by atoms with Crippen LogP contribution in [0, 0.1) is 13.8 Å². The number of hydrogen-bond acceptors (Lipinski definition) is 5. The Bertz CT molecular complexity index is 1010. The molecule has 0 radical (unpaired) electrons. The number of aryl methyl sites for hydroxylation is 2. The van der Waals surface area contributed by atoms with Crippen LogP contribution in [0.2, 0.25) is 0 Å². The molecule has 0 saturated carbocycles. The summed E-state index contributed by atoms with van der Waals surface area (Å²) in [6.07, 6.45) is 1.18. The van der Waals surface area contributed by atoms with E-state index in [1.165, 1.54) is 11.1 Å². The predicted molar refractivity (Wildman–Crippen MR) is 105 cm³/mol. The predicted octanol–water partition coefficient (Wildman–Crippen LogP) is 4.23. The molecule has 1 aliphatic heterocycles. The Labute approximate surface area is 164 Å². The molecule has 2 heterocycles. The molecule has 0 bridgehead atoms. The van der Waals surface area contributed by atoms with Crippen molar-refractivity contribution >= 4 is 5.91 Å². The summed E-state index contributed by atoms with van der Waals surface area (Å²) in [5.74, 6) is 1.83. The minimum Gasteiger partial charge on any atom is -0.497 e. The van der Waals surface area contributed by atoms with Crippen molar-refractivity contribution in [1.82, 2.24) is 15.0 Å². The van der Waals surface area contributed by atoms with Crippen molar-refractivity contribution in [1.29, 1.82) is 0 Å². The number of benzene rings is 2. The molecule has 144 valence electrons. The molecule has 1 saturated heterocycles. The number of carbonyl (C=O) groups is 1. The van der Waals surface area contributed by atoms with Gasteiger partial charge in [-0.25, -0.2) is 0 Å². The molecular formula is C22H23N3O3. The third kappa shape index (κ3) is 3.50. The normalized spacial score (nSPS) is 16.6. The Kier molecular flexibility index (Phi) is 4.86. The van der Waals surface area contributed by atoms with E-state index in [0.717, 1.165) is 16.9 Å². The van der Waals surface area contributed by atoms with Crippen molar-refractivity contribution in [2.24, 2.45) is 0 Å². The Morgan fingerprint density at radius 2 is 2.04 bits per heavy atom. The lowest BCUT2D eigenvalue weighted by atomic mass is 10.1. The molecule has 4 rings (SSSR count). The first-order valence-electron chi connectivity index (χ1n) is 9.39. The van der Waals surface area contributed by atoms with Gasteiger partial charge in [-0.3, -0.25) is 4.79 Å². The third-order valence-electron chi connectivity index (χ3n) is 5.31. The van der Waals surface area contributed by atoms with E-state index in [1.54, 1.807) is 7.11 Å². The maximum atomic E-state index is 12.5. The van der Waals surface area contributed by atoms with Gasteiger partial charge in [0, 0.05) is 18.5 Å². The second-order valence-corrected chi connectivity index (χ2v) is 7.18. The number of aromatic nitrogens is 2. The Morgan fingerprint density at radius 3 is 2.82 bits per heavy atom. The zero-order valence-electron chi connectivity index (χ0n) is 16.3. The van der Waals surface area contributed by atoms with Gasteiger partial charge in [-0.15, -0.1) is 0 Å². The zero-order chi connectivity index (χ0) is 19.7. The molecule has 1 fully saturated rings. The number of amides is 1. The Morgan fingerprint density at radius 1 is 1.18 bits per heavy atom. The molecule has 1 aliphatic rings. The third-order valence-corrected chi connectivity index (χ3v) is 5.31. The van der Waals surface area contributed by atoms with Crippen LogP contribution >= 0.6 is 0 Å². The fraction of sp³-hybridized carbons (Fsp3) is 0.318. The first-order chi connectivity index (χ1) is 13.5.